The summed E-state index contributed by atoms with van der Waals surface area (Å²) < 4.78 is 5.52. The topological polar surface area (TPSA) is 41.6 Å². The molecule has 4 nitrogen and oxygen atoms in total. The highest BCUT2D eigenvalue weighted by Gasteiger charge is 2.31. The summed E-state index contributed by atoms with van der Waals surface area (Å²) >= 11 is 0. The van der Waals surface area contributed by atoms with Crippen LogP contribution < -0.4 is 5.32 Å². The Balaban J connectivity index is 1.97. The van der Waals surface area contributed by atoms with Gasteiger partial charge in [-0.05, 0) is 58.1 Å². The first kappa shape index (κ1) is 17.6. The molecule has 0 bridgehead atoms. The number of piperidine rings is 1. The minimum absolute atomic E-state index is 0.184. The van der Waals surface area contributed by atoms with Crippen LogP contribution >= 0.6 is 0 Å². The second-order valence-electron chi connectivity index (χ2n) is 7.35. The number of nitrogens with one attached hydrogen (secondary N) is 1. The van der Waals surface area contributed by atoms with Gasteiger partial charge in [-0.15, -0.1) is 0 Å². The first-order valence-corrected chi connectivity index (χ1v) is 8.68. The number of likely N-dealkylation sites (tertiary alicyclic amines) is 1. The summed E-state index contributed by atoms with van der Waals surface area (Å²) in [6.07, 6.45) is 3.05. The Morgan fingerprint density at radius 3 is 2.65 bits per heavy atom. The van der Waals surface area contributed by atoms with Crippen molar-refractivity contribution in [2.75, 3.05) is 18.4 Å². The number of benzene rings is 1. The zero-order valence-corrected chi connectivity index (χ0v) is 14.8. The average molecular weight is 318 g/mol. The molecule has 1 N–H and O–H groups in total. The van der Waals surface area contributed by atoms with E-state index in [2.05, 4.69) is 24.4 Å². The number of carbonyl (C=O) groups is 1. The van der Waals surface area contributed by atoms with E-state index in [4.69, 9.17) is 4.74 Å². The van der Waals surface area contributed by atoms with Crippen LogP contribution in [0.2, 0.25) is 0 Å². The molecule has 1 aliphatic rings. The van der Waals surface area contributed by atoms with Crippen molar-refractivity contribution in [1.82, 2.24) is 4.90 Å². The average Bonchev–Trinajstić information content (AvgIpc) is 2.52. The molecule has 1 saturated heterocycles. The lowest BCUT2D eigenvalue weighted by atomic mass is 9.89. The van der Waals surface area contributed by atoms with Gasteiger partial charge in [0.15, 0.2) is 0 Å². The SMILES string of the molecule is CC[C@H](Nc1ccccc1)[C@H]1CCCN(C(=O)OC(C)(C)C)C1. The molecule has 2 atom stereocenters. The van der Waals surface area contributed by atoms with Crippen LogP contribution in [0.3, 0.4) is 0 Å². The lowest BCUT2D eigenvalue weighted by Gasteiger charge is -2.38. The second kappa shape index (κ2) is 7.71. The van der Waals surface area contributed by atoms with E-state index < -0.39 is 5.60 Å². The Labute approximate surface area is 140 Å². The fraction of sp³-hybridized carbons (Fsp3) is 0.632. The molecule has 1 amide bonds. The number of para-hydroxylation sites is 1. The van der Waals surface area contributed by atoms with Gasteiger partial charge in [0.1, 0.15) is 5.60 Å². The van der Waals surface area contributed by atoms with Crippen LogP contribution in [-0.2, 0) is 4.74 Å². The number of carbonyl (C=O) groups excluding carboxylic acids is 1. The number of hydrogen-bond acceptors (Lipinski definition) is 3. The smallest absolute Gasteiger partial charge is 0.410 e. The van der Waals surface area contributed by atoms with Crippen LogP contribution in [-0.4, -0.2) is 35.7 Å². The highest BCUT2D eigenvalue weighted by Crippen LogP contribution is 2.25. The van der Waals surface area contributed by atoms with Crippen LogP contribution in [0.5, 0.6) is 0 Å². The van der Waals surface area contributed by atoms with Crippen LogP contribution in [0, 0.1) is 5.92 Å². The van der Waals surface area contributed by atoms with Crippen molar-refractivity contribution in [3.05, 3.63) is 30.3 Å². The summed E-state index contributed by atoms with van der Waals surface area (Å²) in [5.41, 5.74) is 0.713. The fourth-order valence-corrected chi connectivity index (χ4v) is 3.13. The van der Waals surface area contributed by atoms with Crippen molar-refractivity contribution in [2.45, 2.75) is 58.6 Å². The summed E-state index contributed by atoms with van der Waals surface area (Å²) in [6.45, 7) is 9.52. The first-order chi connectivity index (χ1) is 10.9. The van der Waals surface area contributed by atoms with Crippen molar-refractivity contribution in [2.24, 2.45) is 5.92 Å². The van der Waals surface area contributed by atoms with Crippen LogP contribution in [0.25, 0.3) is 0 Å². The third-order valence-electron chi connectivity index (χ3n) is 4.24. The normalized spacial score (nSPS) is 20.0. The molecule has 1 aliphatic heterocycles. The van der Waals surface area contributed by atoms with Crippen molar-refractivity contribution in [3.63, 3.8) is 0 Å². The highest BCUT2D eigenvalue weighted by atomic mass is 16.6. The number of rotatable bonds is 4. The van der Waals surface area contributed by atoms with Gasteiger partial charge < -0.3 is 15.0 Å². The molecule has 1 heterocycles. The summed E-state index contributed by atoms with van der Waals surface area (Å²) in [6, 6.07) is 10.7. The maximum absolute atomic E-state index is 12.3. The largest absolute Gasteiger partial charge is 0.444 e. The zero-order valence-electron chi connectivity index (χ0n) is 14.8. The Morgan fingerprint density at radius 2 is 2.04 bits per heavy atom. The molecule has 0 aromatic heterocycles. The van der Waals surface area contributed by atoms with Gasteiger partial charge in [-0.25, -0.2) is 4.79 Å². The molecule has 0 saturated carbocycles. The molecular formula is C19H30N2O2. The number of amides is 1. The summed E-state index contributed by atoms with van der Waals surface area (Å²) in [4.78, 5) is 14.2. The van der Waals surface area contributed by atoms with E-state index in [1.54, 1.807) is 0 Å². The second-order valence-corrected chi connectivity index (χ2v) is 7.35. The fourth-order valence-electron chi connectivity index (χ4n) is 3.13. The molecule has 2 rings (SSSR count). The Hall–Kier alpha value is -1.71. The van der Waals surface area contributed by atoms with Crippen molar-refractivity contribution < 1.29 is 9.53 Å². The maximum Gasteiger partial charge on any atom is 0.410 e. The Kier molecular flexibility index (Phi) is 5.91. The van der Waals surface area contributed by atoms with Crippen LogP contribution in [0.4, 0.5) is 10.5 Å². The molecule has 0 radical (unpaired) electrons. The van der Waals surface area contributed by atoms with Crippen molar-refractivity contribution in [3.8, 4) is 0 Å². The minimum atomic E-state index is -0.434. The molecule has 1 aromatic carbocycles. The first-order valence-electron chi connectivity index (χ1n) is 8.68. The van der Waals surface area contributed by atoms with E-state index >= 15 is 0 Å². The van der Waals surface area contributed by atoms with E-state index in [0.717, 1.165) is 38.0 Å². The quantitative estimate of drug-likeness (QED) is 0.887. The van der Waals surface area contributed by atoms with Crippen molar-refractivity contribution >= 4 is 11.8 Å². The van der Waals surface area contributed by atoms with E-state index in [1.807, 2.05) is 43.9 Å². The third-order valence-corrected chi connectivity index (χ3v) is 4.24. The highest BCUT2D eigenvalue weighted by molar-refractivity contribution is 5.68. The predicted molar refractivity (Wildman–Crippen MR) is 94.7 cm³/mol. The number of ether oxygens (including phenoxy) is 1. The van der Waals surface area contributed by atoms with E-state index in [1.165, 1.54) is 0 Å². The molecule has 0 unspecified atom stereocenters. The van der Waals surface area contributed by atoms with Gasteiger partial charge in [0, 0.05) is 24.8 Å². The van der Waals surface area contributed by atoms with Gasteiger partial charge in [0.25, 0.3) is 0 Å². The monoisotopic (exact) mass is 318 g/mol. The molecular weight excluding hydrogens is 288 g/mol. The van der Waals surface area contributed by atoms with Gasteiger partial charge in [-0.1, -0.05) is 25.1 Å². The zero-order chi connectivity index (χ0) is 16.9. The van der Waals surface area contributed by atoms with Crippen molar-refractivity contribution in [1.29, 1.82) is 0 Å². The summed E-state index contributed by atoms with van der Waals surface area (Å²) in [5, 5.41) is 3.63. The molecule has 0 spiro atoms. The molecule has 1 fully saturated rings. The predicted octanol–water partition coefficient (Wildman–Crippen LogP) is 4.52. The number of anilines is 1. The van der Waals surface area contributed by atoms with E-state index in [0.29, 0.717) is 12.0 Å². The van der Waals surface area contributed by atoms with Gasteiger partial charge in [0.05, 0.1) is 0 Å². The summed E-state index contributed by atoms with van der Waals surface area (Å²) in [7, 11) is 0. The Morgan fingerprint density at radius 1 is 1.35 bits per heavy atom. The molecule has 4 heteroatoms. The lowest BCUT2D eigenvalue weighted by molar-refractivity contribution is 0.0156. The van der Waals surface area contributed by atoms with E-state index in [-0.39, 0.29) is 6.09 Å². The number of hydrogen-bond donors (Lipinski definition) is 1. The van der Waals surface area contributed by atoms with Gasteiger partial charge >= 0.3 is 6.09 Å². The van der Waals surface area contributed by atoms with Gasteiger partial charge in [-0.3, -0.25) is 0 Å². The lowest BCUT2D eigenvalue weighted by Crippen LogP contribution is -2.47. The molecule has 128 valence electrons. The maximum atomic E-state index is 12.3. The standard InChI is InChI=1S/C19H30N2O2/c1-5-17(20-16-11-7-6-8-12-16)15-10-9-13-21(14-15)18(22)23-19(2,3)4/h6-8,11-12,15,17,20H,5,9-10,13-14H2,1-4H3/t15-,17-/m0/s1. The van der Waals surface area contributed by atoms with Gasteiger partial charge in [0.2, 0.25) is 0 Å². The number of nitrogens with zero attached hydrogens (tertiary/aromatic N) is 1. The van der Waals surface area contributed by atoms with Gasteiger partial charge in [-0.2, -0.15) is 0 Å². The third kappa shape index (κ3) is 5.45. The molecule has 0 aliphatic carbocycles. The molecule has 1 aromatic rings. The van der Waals surface area contributed by atoms with Crippen LogP contribution in [0.1, 0.15) is 47.0 Å². The van der Waals surface area contributed by atoms with E-state index in [9.17, 15) is 4.79 Å². The molecule has 23 heavy (non-hydrogen) atoms. The van der Waals surface area contributed by atoms with Crippen LogP contribution in [0.15, 0.2) is 30.3 Å². The Bertz CT molecular complexity index is 496. The minimum Gasteiger partial charge on any atom is -0.444 e. The summed E-state index contributed by atoms with van der Waals surface area (Å²) in [5.74, 6) is 0.460.